The Balaban J connectivity index is 2.65. The molecule has 2 rings (SSSR count). The Morgan fingerprint density at radius 2 is 1.88 bits per heavy atom. The van der Waals surface area contributed by atoms with Crippen LogP contribution in [-0.4, -0.2) is 19.2 Å². The number of benzene rings is 1. The average Bonchev–Trinajstić information content (AvgIpc) is 2.55. The van der Waals surface area contributed by atoms with Crippen LogP contribution in [0.25, 0.3) is 10.9 Å². The van der Waals surface area contributed by atoms with Crippen molar-refractivity contribution in [2.75, 3.05) is 6.26 Å². The number of fused-ring (bicyclic) bond motifs is 1. The van der Waals surface area contributed by atoms with E-state index in [0.29, 0.717) is 6.04 Å². The predicted octanol–water partition coefficient (Wildman–Crippen LogP) is 2.77. The molecule has 17 heavy (non-hydrogen) atoms. The Kier molecular flexibility index (Phi) is 3.00. The molecule has 0 bridgehead atoms. The first kappa shape index (κ1) is 12.2. The fourth-order valence-corrected chi connectivity index (χ4v) is 2.90. The standard InChI is InChI=1S/C13H17NO2S/c1-10(2)14-8-11(9-17(3,15)16)12-6-4-5-7-13(12)14/h4-8,10H,9H2,1-3H3. The molecule has 0 saturated carbocycles. The van der Waals surface area contributed by atoms with Gasteiger partial charge in [-0.3, -0.25) is 0 Å². The van der Waals surface area contributed by atoms with Gasteiger partial charge in [0.2, 0.25) is 0 Å². The van der Waals surface area contributed by atoms with Gasteiger partial charge in [0.15, 0.2) is 9.84 Å². The van der Waals surface area contributed by atoms with Gasteiger partial charge in [0.05, 0.1) is 5.75 Å². The quantitative estimate of drug-likeness (QED) is 0.841. The van der Waals surface area contributed by atoms with Crippen LogP contribution in [0.5, 0.6) is 0 Å². The van der Waals surface area contributed by atoms with Gasteiger partial charge >= 0.3 is 0 Å². The second-order valence-electron chi connectivity index (χ2n) is 4.74. The molecule has 0 N–H and O–H groups in total. The van der Waals surface area contributed by atoms with Crippen molar-refractivity contribution in [3.05, 3.63) is 36.0 Å². The summed E-state index contributed by atoms with van der Waals surface area (Å²) in [7, 11) is -2.99. The lowest BCUT2D eigenvalue weighted by Crippen LogP contribution is -2.01. The maximum absolute atomic E-state index is 11.4. The molecular weight excluding hydrogens is 234 g/mol. The molecule has 0 aliphatic rings. The maximum atomic E-state index is 11.4. The monoisotopic (exact) mass is 251 g/mol. The van der Waals surface area contributed by atoms with E-state index in [1.165, 1.54) is 6.26 Å². The van der Waals surface area contributed by atoms with Crippen LogP contribution in [0.3, 0.4) is 0 Å². The van der Waals surface area contributed by atoms with E-state index in [2.05, 4.69) is 18.4 Å². The fourth-order valence-electron chi connectivity index (χ4n) is 2.10. The Labute approximate surface area is 102 Å². The molecule has 3 nitrogen and oxygen atoms in total. The smallest absolute Gasteiger partial charge is 0.151 e. The summed E-state index contributed by atoms with van der Waals surface area (Å²) < 4.78 is 24.9. The second-order valence-corrected chi connectivity index (χ2v) is 6.88. The number of para-hydroxylation sites is 1. The first-order valence-corrected chi connectivity index (χ1v) is 7.71. The van der Waals surface area contributed by atoms with Crippen LogP contribution in [0.15, 0.2) is 30.5 Å². The Bertz CT molecular complexity index is 638. The van der Waals surface area contributed by atoms with E-state index >= 15 is 0 Å². The van der Waals surface area contributed by atoms with Gasteiger partial charge in [0, 0.05) is 29.4 Å². The van der Waals surface area contributed by atoms with E-state index in [-0.39, 0.29) is 5.75 Å². The SMILES string of the molecule is CC(C)n1cc(CS(C)(=O)=O)c2ccccc21. The van der Waals surface area contributed by atoms with Crippen molar-refractivity contribution in [2.24, 2.45) is 0 Å². The first-order chi connectivity index (χ1) is 7.88. The third-order valence-electron chi connectivity index (χ3n) is 2.80. The van der Waals surface area contributed by atoms with E-state index in [1.54, 1.807) is 0 Å². The minimum Gasteiger partial charge on any atom is -0.345 e. The largest absolute Gasteiger partial charge is 0.345 e. The molecule has 0 unspecified atom stereocenters. The highest BCUT2D eigenvalue weighted by Gasteiger charge is 2.13. The average molecular weight is 251 g/mol. The Morgan fingerprint density at radius 1 is 1.24 bits per heavy atom. The zero-order chi connectivity index (χ0) is 12.6. The van der Waals surface area contributed by atoms with E-state index in [1.807, 2.05) is 30.5 Å². The summed E-state index contributed by atoms with van der Waals surface area (Å²) in [6.07, 6.45) is 3.23. The number of aromatic nitrogens is 1. The lowest BCUT2D eigenvalue weighted by molar-refractivity contribution is 0.600. The molecule has 2 aromatic rings. The molecule has 1 aromatic carbocycles. The molecule has 0 aliphatic carbocycles. The zero-order valence-electron chi connectivity index (χ0n) is 10.3. The van der Waals surface area contributed by atoms with Gasteiger partial charge in [-0.15, -0.1) is 0 Å². The predicted molar refractivity (Wildman–Crippen MR) is 70.9 cm³/mol. The first-order valence-electron chi connectivity index (χ1n) is 5.64. The van der Waals surface area contributed by atoms with Crippen molar-refractivity contribution < 1.29 is 8.42 Å². The second kappa shape index (κ2) is 4.18. The fraction of sp³-hybridized carbons (Fsp3) is 0.385. The van der Waals surface area contributed by atoms with Gasteiger partial charge in [-0.05, 0) is 25.5 Å². The van der Waals surface area contributed by atoms with E-state index < -0.39 is 9.84 Å². The lowest BCUT2D eigenvalue weighted by Gasteiger charge is -2.08. The summed E-state index contributed by atoms with van der Waals surface area (Å²) in [5.74, 6) is 0.104. The van der Waals surface area contributed by atoms with Crippen LogP contribution in [0.4, 0.5) is 0 Å². The van der Waals surface area contributed by atoms with E-state index in [9.17, 15) is 8.42 Å². The summed E-state index contributed by atoms with van der Waals surface area (Å²) >= 11 is 0. The maximum Gasteiger partial charge on any atom is 0.151 e. The summed E-state index contributed by atoms with van der Waals surface area (Å²) in [6, 6.07) is 8.26. The van der Waals surface area contributed by atoms with Gasteiger partial charge in [-0.2, -0.15) is 0 Å². The molecule has 0 aliphatic heterocycles. The molecular formula is C13H17NO2S. The number of rotatable bonds is 3. The Morgan fingerprint density at radius 3 is 2.47 bits per heavy atom. The number of nitrogens with zero attached hydrogens (tertiary/aromatic N) is 1. The summed E-state index contributed by atoms with van der Waals surface area (Å²) in [5, 5.41) is 1.03. The molecule has 92 valence electrons. The molecule has 0 radical (unpaired) electrons. The normalized spacial score (nSPS) is 12.5. The molecule has 0 atom stereocenters. The van der Waals surface area contributed by atoms with Crippen molar-refractivity contribution in [3.63, 3.8) is 0 Å². The van der Waals surface area contributed by atoms with Crippen LogP contribution in [0, 0.1) is 0 Å². The highest BCUT2D eigenvalue weighted by atomic mass is 32.2. The van der Waals surface area contributed by atoms with E-state index in [0.717, 1.165) is 16.5 Å². The van der Waals surface area contributed by atoms with Crippen molar-refractivity contribution in [1.82, 2.24) is 4.57 Å². The molecule has 4 heteroatoms. The molecule has 1 heterocycles. The van der Waals surface area contributed by atoms with Crippen LogP contribution < -0.4 is 0 Å². The highest BCUT2D eigenvalue weighted by molar-refractivity contribution is 7.89. The minimum absolute atomic E-state index is 0.104. The molecule has 0 amide bonds. The van der Waals surface area contributed by atoms with Crippen molar-refractivity contribution in [1.29, 1.82) is 0 Å². The summed E-state index contributed by atoms with van der Waals surface area (Å²) in [5.41, 5.74) is 1.98. The van der Waals surface area contributed by atoms with Gasteiger partial charge in [-0.1, -0.05) is 18.2 Å². The molecule has 1 aromatic heterocycles. The zero-order valence-corrected chi connectivity index (χ0v) is 11.2. The topological polar surface area (TPSA) is 39.1 Å². The van der Waals surface area contributed by atoms with Crippen LogP contribution in [0.1, 0.15) is 25.5 Å². The van der Waals surface area contributed by atoms with Gasteiger partial charge in [0.25, 0.3) is 0 Å². The summed E-state index contributed by atoms with van der Waals surface area (Å²) in [4.78, 5) is 0. The number of hydrogen-bond donors (Lipinski definition) is 0. The molecule has 0 spiro atoms. The van der Waals surface area contributed by atoms with Crippen LogP contribution in [-0.2, 0) is 15.6 Å². The third kappa shape index (κ3) is 2.52. The van der Waals surface area contributed by atoms with Crippen molar-refractivity contribution in [3.8, 4) is 0 Å². The van der Waals surface area contributed by atoms with E-state index in [4.69, 9.17) is 0 Å². The van der Waals surface area contributed by atoms with Gasteiger partial charge in [-0.25, -0.2) is 8.42 Å². The number of sulfone groups is 1. The Hall–Kier alpha value is -1.29. The van der Waals surface area contributed by atoms with Crippen LogP contribution >= 0.6 is 0 Å². The van der Waals surface area contributed by atoms with Gasteiger partial charge < -0.3 is 4.57 Å². The molecule has 0 fully saturated rings. The number of hydrogen-bond acceptors (Lipinski definition) is 2. The van der Waals surface area contributed by atoms with Crippen molar-refractivity contribution in [2.45, 2.75) is 25.6 Å². The third-order valence-corrected chi connectivity index (χ3v) is 3.63. The lowest BCUT2D eigenvalue weighted by atomic mass is 10.2. The summed E-state index contributed by atoms with van der Waals surface area (Å²) in [6.45, 7) is 4.19. The van der Waals surface area contributed by atoms with Crippen molar-refractivity contribution >= 4 is 20.7 Å². The van der Waals surface area contributed by atoms with Gasteiger partial charge in [0.1, 0.15) is 0 Å². The minimum atomic E-state index is -2.99. The highest BCUT2D eigenvalue weighted by Crippen LogP contribution is 2.25. The van der Waals surface area contributed by atoms with Crippen LogP contribution in [0.2, 0.25) is 0 Å². The molecule has 0 saturated heterocycles.